The van der Waals surface area contributed by atoms with Crippen molar-refractivity contribution in [3.63, 3.8) is 0 Å². The van der Waals surface area contributed by atoms with Crippen LogP contribution in [0.4, 0.5) is 0 Å². The average molecular weight is 268 g/mol. The van der Waals surface area contributed by atoms with Gasteiger partial charge in [0.15, 0.2) is 11.2 Å². The molecule has 2 aromatic carbocycles. The van der Waals surface area contributed by atoms with E-state index < -0.39 is 11.4 Å². The molecule has 0 saturated carbocycles. The molecule has 0 aliphatic carbocycles. The molecule has 0 bridgehead atoms. The van der Waals surface area contributed by atoms with Crippen LogP contribution >= 0.6 is 0 Å². The van der Waals surface area contributed by atoms with Crippen LogP contribution in [0, 0.1) is 0 Å². The van der Waals surface area contributed by atoms with Crippen LogP contribution in [-0.4, -0.2) is 16.9 Å². The Balaban J connectivity index is 2.59. The maximum Gasteiger partial charge on any atom is 0.322 e. The van der Waals surface area contributed by atoms with E-state index in [1.807, 2.05) is 0 Å². The first-order valence-corrected chi connectivity index (χ1v) is 6.51. The third-order valence-corrected chi connectivity index (χ3v) is 3.59. The van der Waals surface area contributed by atoms with Gasteiger partial charge in [-0.1, -0.05) is 67.6 Å². The molecule has 2 aromatic rings. The summed E-state index contributed by atoms with van der Waals surface area (Å²) in [7, 11) is 0. The highest BCUT2D eigenvalue weighted by Gasteiger charge is 2.46. The second-order valence-electron chi connectivity index (χ2n) is 4.63. The van der Waals surface area contributed by atoms with Crippen LogP contribution in [0.25, 0.3) is 0 Å². The molecule has 0 aromatic heterocycles. The molecule has 1 atom stereocenters. The molecule has 2 rings (SSSR count). The van der Waals surface area contributed by atoms with Gasteiger partial charge in [0.25, 0.3) is 0 Å². The molecular formula is C17H16O3. The Morgan fingerprint density at radius 1 is 0.950 bits per heavy atom. The van der Waals surface area contributed by atoms with Gasteiger partial charge in [-0.25, -0.2) is 0 Å². The zero-order chi connectivity index (χ0) is 14.6. The summed E-state index contributed by atoms with van der Waals surface area (Å²) in [5.74, 6) is -1.49. The molecule has 0 spiro atoms. The normalized spacial score (nSPS) is 13.4. The minimum Gasteiger partial charge on any atom is -0.480 e. The predicted octanol–water partition coefficient (Wildman–Crippen LogP) is 3.30. The summed E-state index contributed by atoms with van der Waals surface area (Å²) < 4.78 is 0. The van der Waals surface area contributed by atoms with Gasteiger partial charge in [-0.3, -0.25) is 9.59 Å². The molecule has 0 aliphatic heterocycles. The van der Waals surface area contributed by atoms with Crippen molar-refractivity contribution in [2.45, 2.75) is 18.8 Å². The fourth-order valence-electron chi connectivity index (χ4n) is 2.43. The second-order valence-corrected chi connectivity index (χ2v) is 4.63. The maximum absolute atomic E-state index is 12.8. The molecule has 0 heterocycles. The van der Waals surface area contributed by atoms with Crippen molar-refractivity contribution >= 4 is 11.8 Å². The summed E-state index contributed by atoms with van der Waals surface area (Å²) in [5.41, 5.74) is -0.591. The number of hydrogen-bond donors (Lipinski definition) is 1. The van der Waals surface area contributed by atoms with E-state index in [0.717, 1.165) is 0 Å². The van der Waals surface area contributed by atoms with Crippen molar-refractivity contribution in [2.24, 2.45) is 0 Å². The Morgan fingerprint density at radius 2 is 1.45 bits per heavy atom. The monoisotopic (exact) mass is 268 g/mol. The highest BCUT2D eigenvalue weighted by molar-refractivity contribution is 6.16. The van der Waals surface area contributed by atoms with E-state index in [4.69, 9.17) is 0 Å². The summed E-state index contributed by atoms with van der Waals surface area (Å²) in [6.45, 7) is 1.72. The lowest BCUT2D eigenvalue weighted by molar-refractivity contribution is -0.141. The van der Waals surface area contributed by atoms with Gasteiger partial charge in [-0.05, 0) is 12.0 Å². The Hall–Kier alpha value is -2.42. The zero-order valence-electron chi connectivity index (χ0n) is 11.2. The molecule has 102 valence electrons. The lowest BCUT2D eigenvalue weighted by atomic mass is 9.72. The fourth-order valence-corrected chi connectivity index (χ4v) is 2.43. The maximum atomic E-state index is 12.8. The number of rotatable bonds is 5. The Morgan fingerprint density at radius 3 is 1.90 bits per heavy atom. The summed E-state index contributed by atoms with van der Waals surface area (Å²) in [5, 5.41) is 9.69. The van der Waals surface area contributed by atoms with E-state index in [-0.39, 0.29) is 12.2 Å². The van der Waals surface area contributed by atoms with Gasteiger partial charge in [0.2, 0.25) is 0 Å². The Bertz CT molecular complexity index is 605. The van der Waals surface area contributed by atoms with Crippen LogP contribution in [0.1, 0.15) is 29.3 Å². The van der Waals surface area contributed by atoms with Crippen LogP contribution in [0.3, 0.4) is 0 Å². The van der Waals surface area contributed by atoms with Gasteiger partial charge in [0.05, 0.1) is 0 Å². The summed E-state index contributed by atoms with van der Waals surface area (Å²) in [4.78, 5) is 24.6. The smallest absolute Gasteiger partial charge is 0.322 e. The summed E-state index contributed by atoms with van der Waals surface area (Å²) >= 11 is 0. The van der Waals surface area contributed by atoms with E-state index in [1.165, 1.54) is 0 Å². The molecule has 1 unspecified atom stereocenters. The molecule has 0 saturated heterocycles. The standard InChI is InChI=1S/C17H16O3/c1-2-17(16(19)20,14-11-7-4-8-12-14)15(18)13-9-5-3-6-10-13/h3-12H,2H2,1H3,(H,19,20). The summed E-state index contributed by atoms with van der Waals surface area (Å²) in [6, 6.07) is 17.3. The van der Waals surface area contributed by atoms with Crippen molar-refractivity contribution in [1.82, 2.24) is 0 Å². The van der Waals surface area contributed by atoms with Gasteiger partial charge in [0, 0.05) is 5.56 Å². The number of Topliss-reactive ketones (excluding diaryl/α,β-unsaturated/α-hetero) is 1. The van der Waals surface area contributed by atoms with Crippen LogP contribution in [0.5, 0.6) is 0 Å². The molecule has 0 amide bonds. The van der Waals surface area contributed by atoms with E-state index in [0.29, 0.717) is 11.1 Å². The van der Waals surface area contributed by atoms with E-state index in [2.05, 4.69) is 0 Å². The molecular weight excluding hydrogens is 252 g/mol. The van der Waals surface area contributed by atoms with Crippen LogP contribution in [0.15, 0.2) is 60.7 Å². The first-order valence-electron chi connectivity index (χ1n) is 6.51. The number of carboxylic acids is 1. The quantitative estimate of drug-likeness (QED) is 0.668. The first-order chi connectivity index (χ1) is 9.63. The SMILES string of the molecule is CCC(C(=O)O)(C(=O)c1ccccc1)c1ccccc1. The lowest BCUT2D eigenvalue weighted by Gasteiger charge is -2.27. The Labute approximate surface area is 117 Å². The highest BCUT2D eigenvalue weighted by Crippen LogP contribution is 2.32. The molecule has 0 radical (unpaired) electrons. The van der Waals surface area contributed by atoms with Crippen molar-refractivity contribution in [1.29, 1.82) is 0 Å². The van der Waals surface area contributed by atoms with Gasteiger partial charge in [-0.15, -0.1) is 0 Å². The largest absolute Gasteiger partial charge is 0.480 e. The third kappa shape index (κ3) is 2.23. The van der Waals surface area contributed by atoms with Crippen LogP contribution in [0.2, 0.25) is 0 Å². The molecule has 20 heavy (non-hydrogen) atoms. The third-order valence-electron chi connectivity index (χ3n) is 3.59. The Kier molecular flexibility index (Phi) is 3.99. The minimum atomic E-state index is -1.53. The van der Waals surface area contributed by atoms with Crippen molar-refractivity contribution in [3.05, 3.63) is 71.8 Å². The van der Waals surface area contributed by atoms with Crippen LogP contribution in [-0.2, 0) is 10.2 Å². The number of benzene rings is 2. The second kappa shape index (κ2) is 5.70. The minimum absolute atomic E-state index is 0.208. The van der Waals surface area contributed by atoms with Crippen molar-refractivity contribution in [3.8, 4) is 0 Å². The first kappa shape index (κ1) is 14.0. The predicted molar refractivity (Wildman–Crippen MR) is 76.8 cm³/mol. The van der Waals surface area contributed by atoms with Crippen molar-refractivity contribution in [2.75, 3.05) is 0 Å². The fraction of sp³-hybridized carbons (Fsp3) is 0.176. The summed E-state index contributed by atoms with van der Waals surface area (Å²) in [6.07, 6.45) is 0.208. The van der Waals surface area contributed by atoms with E-state index in [9.17, 15) is 14.7 Å². The van der Waals surface area contributed by atoms with E-state index >= 15 is 0 Å². The average Bonchev–Trinajstić information content (AvgIpc) is 2.50. The molecule has 3 nitrogen and oxygen atoms in total. The van der Waals surface area contributed by atoms with Gasteiger partial charge in [-0.2, -0.15) is 0 Å². The zero-order valence-corrected chi connectivity index (χ0v) is 11.2. The van der Waals surface area contributed by atoms with Crippen molar-refractivity contribution < 1.29 is 14.7 Å². The highest BCUT2D eigenvalue weighted by atomic mass is 16.4. The van der Waals surface area contributed by atoms with Gasteiger partial charge < -0.3 is 5.11 Å². The number of carbonyl (C=O) groups excluding carboxylic acids is 1. The number of carbonyl (C=O) groups is 2. The molecule has 1 N–H and O–H groups in total. The lowest BCUT2D eigenvalue weighted by Crippen LogP contribution is -2.43. The number of carboxylic acid groups (broad SMARTS) is 1. The molecule has 3 heteroatoms. The molecule has 0 aliphatic rings. The number of ketones is 1. The molecule has 0 fully saturated rings. The number of hydrogen-bond acceptors (Lipinski definition) is 2. The van der Waals surface area contributed by atoms with Crippen LogP contribution < -0.4 is 0 Å². The van der Waals surface area contributed by atoms with Gasteiger partial charge in [0.1, 0.15) is 0 Å². The topological polar surface area (TPSA) is 54.4 Å². The van der Waals surface area contributed by atoms with E-state index in [1.54, 1.807) is 67.6 Å². The number of aliphatic carboxylic acids is 1. The van der Waals surface area contributed by atoms with Gasteiger partial charge >= 0.3 is 5.97 Å².